The maximum atomic E-state index is 13.5. The summed E-state index contributed by atoms with van der Waals surface area (Å²) >= 11 is 0. The summed E-state index contributed by atoms with van der Waals surface area (Å²) in [4.78, 5) is 26.8. The van der Waals surface area contributed by atoms with Gasteiger partial charge in [-0.2, -0.15) is 0 Å². The average Bonchev–Trinajstić information content (AvgIpc) is 3.26. The molecule has 4 heteroatoms. The molecule has 0 aromatic heterocycles. The summed E-state index contributed by atoms with van der Waals surface area (Å²) < 4.78 is 12.0. The molecule has 0 saturated heterocycles. The number of carbonyl (C=O) groups excluding carboxylic acids is 2. The lowest BCUT2D eigenvalue weighted by Gasteiger charge is -2.29. The highest BCUT2D eigenvalue weighted by Gasteiger charge is 2.29. The van der Waals surface area contributed by atoms with Gasteiger partial charge in [0.25, 0.3) is 0 Å². The third kappa shape index (κ3) is 10.4. The van der Waals surface area contributed by atoms with E-state index < -0.39 is 6.10 Å². The zero-order valence-corrected chi connectivity index (χ0v) is 34.1. The smallest absolute Gasteiger partial charge is 0.338 e. The first-order valence-electron chi connectivity index (χ1n) is 22.3. The lowest BCUT2D eigenvalue weighted by atomic mass is 9.77. The maximum Gasteiger partial charge on any atom is 0.338 e. The number of esters is 2. The fourth-order valence-electron chi connectivity index (χ4n) is 10.1. The topological polar surface area (TPSA) is 52.6 Å². The molecule has 1 unspecified atom stereocenters. The predicted molar refractivity (Wildman–Crippen MR) is 229 cm³/mol. The molecule has 7 rings (SSSR count). The average molecular weight is 753 g/mol. The third-order valence-corrected chi connectivity index (χ3v) is 13.6. The third-order valence-electron chi connectivity index (χ3n) is 13.6. The van der Waals surface area contributed by atoms with E-state index in [1.807, 2.05) is 48.5 Å². The van der Waals surface area contributed by atoms with Gasteiger partial charge in [0.1, 0.15) is 12.7 Å². The van der Waals surface area contributed by atoms with Crippen LogP contribution in [0.25, 0.3) is 22.3 Å². The molecule has 0 heterocycles. The minimum Gasteiger partial charge on any atom is -0.458 e. The summed E-state index contributed by atoms with van der Waals surface area (Å²) in [6.45, 7) is 4.65. The SMILES string of the molecule is CCCC1CCC(c2ccc(-c3ccc(C(=O)OCC(OC(=O)c4ccc(-c5ccc(C6CCC(CCC)CC6)cc5)cc4)C4CCCCC4)cc3)cc2)CC1. The van der Waals surface area contributed by atoms with Gasteiger partial charge in [-0.05, 0) is 151 Å². The van der Waals surface area contributed by atoms with Gasteiger partial charge >= 0.3 is 11.9 Å². The van der Waals surface area contributed by atoms with Crippen LogP contribution in [0, 0.1) is 17.8 Å². The van der Waals surface area contributed by atoms with Crippen molar-refractivity contribution in [2.24, 2.45) is 17.8 Å². The molecule has 3 saturated carbocycles. The lowest BCUT2D eigenvalue weighted by molar-refractivity contribution is -0.0247. The summed E-state index contributed by atoms with van der Waals surface area (Å²) in [7, 11) is 0. The molecule has 4 aromatic rings. The van der Waals surface area contributed by atoms with E-state index in [1.54, 1.807) is 0 Å². The van der Waals surface area contributed by atoms with Gasteiger partial charge in [0.15, 0.2) is 0 Å². The molecule has 0 N–H and O–H groups in total. The van der Waals surface area contributed by atoms with Crippen LogP contribution in [0.5, 0.6) is 0 Å². The van der Waals surface area contributed by atoms with Gasteiger partial charge in [-0.1, -0.05) is 132 Å². The molecule has 3 aliphatic rings. The molecule has 0 aliphatic heterocycles. The van der Waals surface area contributed by atoms with Crippen LogP contribution in [-0.4, -0.2) is 24.6 Å². The highest BCUT2D eigenvalue weighted by molar-refractivity contribution is 5.91. The fraction of sp³-hybridized carbons (Fsp3) is 0.500. The van der Waals surface area contributed by atoms with Gasteiger partial charge in [0.05, 0.1) is 11.1 Å². The molecule has 0 bridgehead atoms. The first-order valence-corrected chi connectivity index (χ1v) is 22.3. The van der Waals surface area contributed by atoms with Crippen LogP contribution >= 0.6 is 0 Å². The van der Waals surface area contributed by atoms with E-state index in [4.69, 9.17) is 9.47 Å². The van der Waals surface area contributed by atoms with Gasteiger partial charge in [-0.15, -0.1) is 0 Å². The number of rotatable bonds is 14. The Kier molecular flexibility index (Phi) is 14.2. The van der Waals surface area contributed by atoms with Crippen molar-refractivity contribution in [2.45, 2.75) is 141 Å². The maximum absolute atomic E-state index is 13.5. The van der Waals surface area contributed by atoms with Crippen molar-refractivity contribution in [2.75, 3.05) is 6.61 Å². The molecule has 3 fully saturated rings. The number of benzene rings is 4. The molecule has 0 radical (unpaired) electrons. The van der Waals surface area contributed by atoms with Crippen LogP contribution < -0.4 is 0 Å². The number of hydrogen-bond acceptors (Lipinski definition) is 4. The van der Waals surface area contributed by atoms with Crippen LogP contribution in [0.4, 0.5) is 0 Å². The first-order chi connectivity index (χ1) is 27.5. The molecule has 0 spiro atoms. The van der Waals surface area contributed by atoms with Crippen molar-refractivity contribution < 1.29 is 19.1 Å². The van der Waals surface area contributed by atoms with Gasteiger partial charge in [0.2, 0.25) is 0 Å². The van der Waals surface area contributed by atoms with E-state index in [9.17, 15) is 9.59 Å². The zero-order valence-electron chi connectivity index (χ0n) is 34.1. The van der Waals surface area contributed by atoms with Crippen LogP contribution in [0.3, 0.4) is 0 Å². The van der Waals surface area contributed by atoms with E-state index in [0.717, 1.165) is 59.8 Å². The predicted octanol–water partition coefficient (Wildman–Crippen LogP) is 14.1. The Morgan fingerprint density at radius 3 is 1.30 bits per heavy atom. The highest BCUT2D eigenvalue weighted by Crippen LogP contribution is 2.39. The van der Waals surface area contributed by atoms with E-state index in [0.29, 0.717) is 23.0 Å². The molecule has 0 amide bonds. The monoisotopic (exact) mass is 752 g/mol. The quantitative estimate of drug-likeness (QED) is 0.120. The van der Waals surface area contributed by atoms with E-state index >= 15 is 0 Å². The Labute approximate surface area is 336 Å². The standard InChI is InChI=1S/C52H64O4/c1-3-8-37-12-16-39(17-13-37)41-20-24-43(25-21-41)45-28-32-48(33-29-45)51(53)55-36-50(47-10-6-5-7-11-47)56-52(54)49-34-30-46(31-35-49)44-26-22-42(23-27-44)40-18-14-38(9-4-2)15-19-40/h20-35,37-40,47,50H,3-19,36H2,1-2H3. The van der Waals surface area contributed by atoms with Crippen LogP contribution in [0.2, 0.25) is 0 Å². The molecule has 4 aromatic carbocycles. The summed E-state index contributed by atoms with van der Waals surface area (Å²) in [6, 6.07) is 33.5. The minimum atomic E-state index is -0.476. The van der Waals surface area contributed by atoms with Crippen LogP contribution in [0.1, 0.15) is 167 Å². The second kappa shape index (κ2) is 19.8. The largest absolute Gasteiger partial charge is 0.458 e. The van der Waals surface area contributed by atoms with Crippen molar-refractivity contribution in [1.82, 2.24) is 0 Å². The lowest BCUT2D eigenvalue weighted by Crippen LogP contribution is -2.33. The van der Waals surface area contributed by atoms with E-state index in [2.05, 4.69) is 62.4 Å². The van der Waals surface area contributed by atoms with Gasteiger partial charge in [0, 0.05) is 0 Å². The normalized spacial score (nSPS) is 22.2. The molecular weight excluding hydrogens is 689 g/mol. The van der Waals surface area contributed by atoms with Crippen molar-refractivity contribution in [3.8, 4) is 22.3 Å². The van der Waals surface area contributed by atoms with Crippen molar-refractivity contribution in [3.05, 3.63) is 119 Å². The Balaban J connectivity index is 0.922. The molecule has 4 nitrogen and oxygen atoms in total. The molecular formula is C52H64O4. The first kappa shape index (κ1) is 40.0. The minimum absolute atomic E-state index is 0.0590. The molecule has 1 atom stereocenters. The molecule has 3 aliphatic carbocycles. The van der Waals surface area contributed by atoms with Crippen molar-refractivity contribution in [3.63, 3.8) is 0 Å². The summed E-state index contributed by atoms with van der Waals surface area (Å²) in [5, 5.41) is 0. The van der Waals surface area contributed by atoms with Gasteiger partial charge < -0.3 is 9.47 Å². The number of hydrogen-bond donors (Lipinski definition) is 0. The summed E-state index contributed by atoms with van der Waals surface area (Å²) in [5.74, 6) is 2.59. The Morgan fingerprint density at radius 1 is 0.500 bits per heavy atom. The number of ether oxygens (including phenoxy) is 2. The zero-order chi connectivity index (χ0) is 38.7. The van der Waals surface area contributed by atoms with Crippen LogP contribution in [0.15, 0.2) is 97.1 Å². The molecule has 296 valence electrons. The van der Waals surface area contributed by atoms with Crippen LogP contribution in [-0.2, 0) is 9.47 Å². The fourth-order valence-corrected chi connectivity index (χ4v) is 10.1. The Morgan fingerprint density at radius 2 is 0.893 bits per heavy atom. The number of carbonyl (C=O) groups is 2. The second-order valence-corrected chi connectivity index (χ2v) is 17.4. The molecule has 56 heavy (non-hydrogen) atoms. The van der Waals surface area contributed by atoms with Crippen molar-refractivity contribution >= 4 is 11.9 Å². The van der Waals surface area contributed by atoms with E-state index in [-0.39, 0.29) is 24.5 Å². The summed E-state index contributed by atoms with van der Waals surface area (Å²) in [5.41, 5.74) is 8.39. The van der Waals surface area contributed by atoms with Gasteiger partial charge in [-0.25, -0.2) is 9.59 Å². The highest BCUT2D eigenvalue weighted by atomic mass is 16.6. The Bertz CT molecular complexity index is 1800. The van der Waals surface area contributed by atoms with E-state index in [1.165, 1.54) is 94.6 Å². The summed E-state index contributed by atoms with van der Waals surface area (Å²) in [6.07, 6.45) is 20.8. The van der Waals surface area contributed by atoms with Gasteiger partial charge in [-0.3, -0.25) is 0 Å². The second-order valence-electron chi connectivity index (χ2n) is 17.4. The Hall–Kier alpha value is -4.18. The van der Waals surface area contributed by atoms with Crippen molar-refractivity contribution in [1.29, 1.82) is 0 Å².